The Morgan fingerprint density at radius 1 is 1.05 bits per heavy atom. The fourth-order valence-corrected chi connectivity index (χ4v) is 2.51. The van der Waals surface area contributed by atoms with Crippen LogP contribution in [-0.4, -0.2) is 29.3 Å². The first-order chi connectivity index (χ1) is 9.83. The molecule has 2 heterocycles. The summed E-state index contributed by atoms with van der Waals surface area (Å²) in [5, 5.41) is 9.83. The Morgan fingerprint density at radius 2 is 1.80 bits per heavy atom. The summed E-state index contributed by atoms with van der Waals surface area (Å²) in [6.07, 6.45) is 3.82. The third-order valence-corrected chi connectivity index (χ3v) is 3.55. The van der Waals surface area contributed by atoms with Crippen molar-refractivity contribution in [3.63, 3.8) is 0 Å². The number of benzene rings is 1. The molecule has 1 aliphatic rings. The van der Waals surface area contributed by atoms with Crippen molar-refractivity contribution in [2.75, 3.05) is 18.0 Å². The molecule has 1 fully saturated rings. The minimum Gasteiger partial charge on any atom is -0.504 e. The lowest BCUT2D eigenvalue weighted by molar-refractivity contribution is 0.170. The SMILES string of the molecule is Oc1cccnc1N1CCC(Oc2ccccc2)CC1. The molecule has 3 rings (SSSR count). The van der Waals surface area contributed by atoms with Crippen molar-refractivity contribution < 1.29 is 9.84 Å². The average Bonchev–Trinajstić information content (AvgIpc) is 2.50. The van der Waals surface area contributed by atoms with Gasteiger partial charge in [-0.05, 0) is 24.3 Å². The van der Waals surface area contributed by atoms with Gasteiger partial charge in [0.25, 0.3) is 0 Å². The molecule has 0 spiro atoms. The van der Waals surface area contributed by atoms with Crippen LogP contribution in [0.2, 0.25) is 0 Å². The fourth-order valence-electron chi connectivity index (χ4n) is 2.51. The predicted molar refractivity (Wildman–Crippen MR) is 78.2 cm³/mol. The van der Waals surface area contributed by atoms with Gasteiger partial charge in [0.15, 0.2) is 11.6 Å². The molecule has 0 unspecified atom stereocenters. The molecule has 1 N–H and O–H groups in total. The van der Waals surface area contributed by atoms with Gasteiger partial charge >= 0.3 is 0 Å². The Bertz CT molecular complexity index is 551. The first-order valence-corrected chi connectivity index (χ1v) is 6.93. The summed E-state index contributed by atoms with van der Waals surface area (Å²) in [5.74, 6) is 1.84. The predicted octanol–water partition coefficient (Wildman–Crippen LogP) is 2.84. The Kier molecular flexibility index (Phi) is 3.72. The van der Waals surface area contributed by atoms with Crippen molar-refractivity contribution >= 4 is 5.82 Å². The minimum atomic E-state index is 0.236. The van der Waals surface area contributed by atoms with E-state index in [-0.39, 0.29) is 11.9 Å². The van der Waals surface area contributed by atoms with E-state index in [0.717, 1.165) is 31.7 Å². The number of hydrogen-bond acceptors (Lipinski definition) is 4. The molecule has 1 saturated heterocycles. The maximum atomic E-state index is 9.83. The van der Waals surface area contributed by atoms with Crippen LogP contribution in [0.25, 0.3) is 0 Å². The van der Waals surface area contributed by atoms with Gasteiger partial charge in [0.2, 0.25) is 0 Å². The molecule has 0 radical (unpaired) electrons. The topological polar surface area (TPSA) is 45.6 Å². The van der Waals surface area contributed by atoms with Gasteiger partial charge in [-0.2, -0.15) is 0 Å². The first-order valence-electron chi connectivity index (χ1n) is 6.93. The van der Waals surface area contributed by atoms with E-state index >= 15 is 0 Å². The molecule has 4 nitrogen and oxygen atoms in total. The standard InChI is InChI=1S/C16H18N2O2/c19-15-7-4-10-17-16(15)18-11-8-14(9-12-18)20-13-5-2-1-3-6-13/h1-7,10,14,19H,8-9,11-12H2. The highest BCUT2D eigenvalue weighted by atomic mass is 16.5. The molecule has 1 aromatic heterocycles. The summed E-state index contributed by atoms with van der Waals surface area (Å²) in [7, 11) is 0. The molecular formula is C16H18N2O2. The number of ether oxygens (including phenoxy) is 1. The zero-order valence-corrected chi connectivity index (χ0v) is 11.3. The third-order valence-electron chi connectivity index (χ3n) is 3.55. The number of pyridine rings is 1. The van der Waals surface area contributed by atoms with Crippen LogP contribution < -0.4 is 9.64 Å². The van der Waals surface area contributed by atoms with Crippen molar-refractivity contribution in [1.82, 2.24) is 4.98 Å². The fraction of sp³-hybridized carbons (Fsp3) is 0.312. The molecule has 1 aromatic carbocycles. The van der Waals surface area contributed by atoms with Crippen LogP contribution >= 0.6 is 0 Å². The van der Waals surface area contributed by atoms with E-state index in [4.69, 9.17) is 4.74 Å². The maximum absolute atomic E-state index is 9.83. The number of para-hydroxylation sites is 1. The maximum Gasteiger partial charge on any atom is 0.171 e. The van der Waals surface area contributed by atoms with Crippen molar-refractivity contribution in [1.29, 1.82) is 0 Å². The van der Waals surface area contributed by atoms with Crippen LogP contribution in [0.1, 0.15) is 12.8 Å². The van der Waals surface area contributed by atoms with E-state index < -0.39 is 0 Å². The molecular weight excluding hydrogens is 252 g/mol. The molecule has 0 bridgehead atoms. The molecule has 0 aliphatic carbocycles. The van der Waals surface area contributed by atoms with E-state index in [1.807, 2.05) is 30.3 Å². The van der Waals surface area contributed by atoms with Gasteiger partial charge in [0.05, 0.1) is 0 Å². The number of hydrogen-bond donors (Lipinski definition) is 1. The van der Waals surface area contributed by atoms with E-state index in [0.29, 0.717) is 5.82 Å². The van der Waals surface area contributed by atoms with Crippen LogP contribution in [-0.2, 0) is 0 Å². The smallest absolute Gasteiger partial charge is 0.171 e. The summed E-state index contributed by atoms with van der Waals surface area (Å²) < 4.78 is 5.96. The van der Waals surface area contributed by atoms with E-state index in [2.05, 4.69) is 9.88 Å². The monoisotopic (exact) mass is 270 g/mol. The Labute approximate surface area is 118 Å². The van der Waals surface area contributed by atoms with Crippen molar-refractivity contribution in [2.24, 2.45) is 0 Å². The van der Waals surface area contributed by atoms with Crippen molar-refractivity contribution in [3.05, 3.63) is 48.7 Å². The Hall–Kier alpha value is -2.23. The van der Waals surface area contributed by atoms with E-state index in [9.17, 15) is 5.11 Å². The molecule has 2 aromatic rings. The lowest BCUT2D eigenvalue weighted by Gasteiger charge is -2.33. The number of aromatic nitrogens is 1. The largest absolute Gasteiger partial charge is 0.504 e. The lowest BCUT2D eigenvalue weighted by Crippen LogP contribution is -2.38. The van der Waals surface area contributed by atoms with Crippen molar-refractivity contribution in [2.45, 2.75) is 18.9 Å². The summed E-state index contributed by atoms with van der Waals surface area (Å²) >= 11 is 0. The molecule has 0 amide bonds. The molecule has 0 atom stereocenters. The van der Waals surface area contributed by atoms with Gasteiger partial charge in [0, 0.05) is 32.1 Å². The Morgan fingerprint density at radius 3 is 2.50 bits per heavy atom. The summed E-state index contributed by atoms with van der Waals surface area (Å²) in [6.45, 7) is 1.70. The number of rotatable bonds is 3. The highest BCUT2D eigenvalue weighted by Crippen LogP contribution is 2.27. The van der Waals surface area contributed by atoms with Gasteiger partial charge in [0.1, 0.15) is 11.9 Å². The van der Waals surface area contributed by atoms with Crippen LogP contribution in [0.4, 0.5) is 5.82 Å². The second-order valence-electron chi connectivity index (χ2n) is 4.96. The van der Waals surface area contributed by atoms with Gasteiger partial charge in [-0.3, -0.25) is 0 Å². The van der Waals surface area contributed by atoms with Crippen LogP contribution in [0, 0.1) is 0 Å². The van der Waals surface area contributed by atoms with Crippen molar-refractivity contribution in [3.8, 4) is 11.5 Å². The zero-order chi connectivity index (χ0) is 13.8. The van der Waals surface area contributed by atoms with E-state index in [1.165, 1.54) is 0 Å². The zero-order valence-electron chi connectivity index (χ0n) is 11.3. The van der Waals surface area contributed by atoms with Crippen LogP contribution in [0.5, 0.6) is 11.5 Å². The van der Waals surface area contributed by atoms with Gasteiger partial charge in [-0.15, -0.1) is 0 Å². The second-order valence-corrected chi connectivity index (χ2v) is 4.96. The molecule has 0 saturated carbocycles. The minimum absolute atomic E-state index is 0.236. The molecule has 1 aliphatic heterocycles. The average molecular weight is 270 g/mol. The quantitative estimate of drug-likeness (QED) is 0.931. The molecule has 20 heavy (non-hydrogen) atoms. The molecule has 4 heteroatoms. The summed E-state index contributed by atoms with van der Waals surface area (Å²) in [4.78, 5) is 6.36. The van der Waals surface area contributed by atoms with Crippen LogP contribution in [0.15, 0.2) is 48.7 Å². The molecule has 104 valence electrons. The highest BCUT2D eigenvalue weighted by molar-refractivity contribution is 5.51. The number of aromatic hydroxyl groups is 1. The van der Waals surface area contributed by atoms with Crippen LogP contribution in [0.3, 0.4) is 0 Å². The second kappa shape index (κ2) is 5.82. The Balaban J connectivity index is 1.59. The van der Waals surface area contributed by atoms with Gasteiger partial charge in [-0.1, -0.05) is 18.2 Å². The number of anilines is 1. The first kappa shape index (κ1) is 12.8. The highest BCUT2D eigenvalue weighted by Gasteiger charge is 2.22. The number of piperidine rings is 1. The lowest BCUT2D eigenvalue weighted by atomic mass is 10.1. The number of nitrogens with zero attached hydrogens (tertiary/aromatic N) is 2. The van der Waals surface area contributed by atoms with E-state index in [1.54, 1.807) is 18.3 Å². The summed E-state index contributed by atoms with van der Waals surface area (Å²) in [5.41, 5.74) is 0. The normalized spacial score (nSPS) is 16.1. The van der Waals surface area contributed by atoms with Gasteiger partial charge < -0.3 is 14.7 Å². The van der Waals surface area contributed by atoms with Gasteiger partial charge in [-0.25, -0.2) is 4.98 Å². The summed E-state index contributed by atoms with van der Waals surface area (Å²) in [6, 6.07) is 13.3. The third kappa shape index (κ3) is 2.85.